The summed E-state index contributed by atoms with van der Waals surface area (Å²) in [4.78, 5) is 54.6. The van der Waals surface area contributed by atoms with Gasteiger partial charge in [-0.25, -0.2) is 13.2 Å². The smallest absolute Gasteiger partial charge is 0.353 e. The van der Waals surface area contributed by atoms with Gasteiger partial charge in [-0.3, -0.25) is 19.7 Å². The van der Waals surface area contributed by atoms with Crippen LogP contribution in [0.2, 0.25) is 0 Å². The quantitative estimate of drug-likeness (QED) is 0.206. The minimum absolute atomic E-state index is 0.00204. The van der Waals surface area contributed by atoms with Gasteiger partial charge >= 0.3 is 5.97 Å². The number of hydrogen-bond acceptors (Lipinski definition) is 10. The van der Waals surface area contributed by atoms with E-state index in [1.54, 1.807) is 11.8 Å². The lowest BCUT2D eigenvalue weighted by molar-refractivity contribution is -0.158. The van der Waals surface area contributed by atoms with E-state index in [1.807, 2.05) is 6.92 Å². The molecule has 0 aromatic rings. The molecule has 0 aliphatic carbocycles. The number of nitrogens with zero attached hydrogens (tertiary/aromatic N) is 2. The molecule has 5 rings (SSSR count). The maximum atomic E-state index is 13.1. The highest BCUT2D eigenvalue weighted by molar-refractivity contribution is 8.03. The fraction of sp³-hybridized carbons (Fsp3) is 0.739. The molecule has 38 heavy (non-hydrogen) atoms. The SMILES string of the molecule is C[C@@H](NC(=O)C1CS(=O)(=O)CN1)[C@H]1C(=O)N2C(C(=O)O)=C(S[C@@H]3CN[C@H](C(=O)N4CCC(N)C4)C3)[C@H](C)[C@H]12. The van der Waals surface area contributed by atoms with E-state index in [0.29, 0.717) is 31.0 Å². The minimum atomic E-state index is -3.33. The van der Waals surface area contributed by atoms with Gasteiger partial charge in [0.05, 0.1) is 29.6 Å². The fourth-order valence-electron chi connectivity index (χ4n) is 6.25. The number of amides is 3. The Kier molecular flexibility index (Phi) is 7.26. The number of likely N-dealkylation sites (tertiary alicyclic amines) is 1. The maximum absolute atomic E-state index is 13.1. The normalized spacial score (nSPS) is 36.8. The molecular formula is C23H34N6O7S2. The molecule has 5 heterocycles. The number of β-lactam (4-membered cyclic amide) rings is 1. The van der Waals surface area contributed by atoms with Gasteiger partial charge in [0.25, 0.3) is 0 Å². The Morgan fingerprint density at radius 3 is 2.58 bits per heavy atom. The molecule has 0 bridgehead atoms. The van der Waals surface area contributed by atoms with Crippen molar-refractivity contribution in [3.05, 3.63) is 10.6 Å². The van der Waals surface area contributed by atoms with Gasteiger partial charge in [0.2, 0.25) is 17.7 Å². The third-order valence-corrected chi connectivity index (χ3v) is 11.2. The number of carbonyl (C=O) groups excluding carboxylic acids is 3. The first-order valence-corrected chi connectivity index (χ1v) is 15.6. The first-order valence-electron chi connectivity index (χ1n) is 12.9. The zero-order valence-corrected chi connectivity index (χ0v) is 22.9. The molecule has 0 radical (unpaired) electrons. The van der Waals surface area contributed by atoms with Gasteiger partial charge < -0.3 is 31.3 Å². The van der Waals surface area contributed by atoms with Crippen LogP contribution >= 0.6 is 11.8 Å². The van der Waals surface area contributed by atoms with Crippen molar-refractivity contribution in [3.8, 4) is 0 Å². The van der Waals surface area contributed by atoms with Crippen LogP contribution in [0.5, 0.6) is 0 Å². The van der Waals surface area contributed by atoms with E-state index in [2.05, 4.69) is 16.0 Å². The topological polar surface area (TPSA) is 191 Å². The average molecular weight is 571 g/mol. The van der Waals surface area contributed by atoms with Gasteiger partial charge in [0.15, 0.2) is 9.84 Å². The standard InChI is InChI=1S/C23H34N6O7S2/c1-10-17-16(11(2)27-20(30)15-8-38(35,36)9-26-15)22(32)29(17)18(23(33)34)19(10)37-13-5-14(25-6-13)21(31)28-4-3-12(24)7-28/h10-17,25-26H,3-9,24H2,1-2H3,(H,27,30)(H,33,34)/t10-,11-,12?,13+,14+,15?,16-,17-/m1/s1. The molecule has 6 N–H and O–H groups in total. The van der Waals surface area contributed by atoms with Gasteiger partial charge in [-0.15, -0.1) is 11.8 Å². The highest BCUT2D eigenvalue weighted by atomic mass is 32.2. The molecular weight excluding hydrogens is 536 g/mol. The summed E-state index contributed by atoms with van der Waals surface area (Å²) < 4.78 is 23.4. The molecule has 2 unspecified atom stereocenters. The van der Waals surface area contributed by atoms with Crippen LogP contribution in [0, 0.1) is 11.8 Å². The van der Waals surface area contributed by atoms with Crippen LogP contribution in [0.15, 0.2) is 10.6 Å². The monoisotopic (exact) mass is 570 g/mol. The summed E-state index contributed by atoms with van der Waals surface area (Å²) in [5.41, 5.74) is 5.91. The van der Waals surface area contributed by atoms with Crippen LogP contribution < -0.4 is 21.7 Å². The van der Waals surface area contributed by atoms with Crippen molar-refractivity contribution in [1.29, 1.82) is 0 Å². The summed E-state index contributed by atoms with van der Waals surface area (Å²) in [7, 11) is -3.33. The Bertz CT molecular complexity index is 1190. The van der Waals surface area contributed by atoms with Crippen molar-refractivity contribution in [2.75, 3.05) is 31.3 Å². The zero-order valence-electron chi connectivity index (χ0n) is 21.3. The van der Waals surface area contributed by atoms with Gasteiger partial charge in [-0.05, 0) is 19.8 Å². The summed E-state index contributed by atoms with van der Waals surface area (Å²) in [5, 5.41) is 18.7. The Labute approximate surface area is 225 Å². The first-order chi connectivity index (χ1) is 17.9. The highest BCUT2D eigenvalue weighted by Gasteiger charge is 2.60. The summed E-state index contributed by atoms with van der Waals surface area (Å²) in [6.45, 7) is 5.28. The van der Waals surface area contributed by atoms with Crippen molar-refractivity contribution in [2.45, 2.75) is 62.1 Å². The lowest BCUT2D eigenvalue weighted by Crippen LogP contribution is -2.66. The van der Waals surface area contributed by atoms with Crippen LogP contribution in [0.25, 0.3) is 0 Å². The molecule has 0 aromatic carbocycles. The number of rotatable bonds is 7. The summed E-state index contributed by atoms with van der Waals surface area (Å²) in [6.07, 6.45) is 1.33. The number of hydrogen-bond donors (Lipinski definition) is 5. The number of nitrogens with one attached hydrogen (secondary N) is 3. The minimum Gasteiger partial charge on any atom is -0.477 e. The molecule has 3 amide bonds. The number of carboxylic acid groups (broad SMARTS) is 1. The van der Waals surface area contributed by atoms with Gasteiger partial charge in [-0.2, -0.15) is 0 Å². The molecule has 5 aliphatic rings. The number of carboxylic acids is 1. The summed E-state index contributed by atoms with van der Waals surface area (Å²) >= 11 is 1.40. The Balaban J connectivity index is 1.24. The van der Waals surface area contributed by atoms with Crippen molar-refractivity contribution < 1.29 is 32.7 Å². The largest absolute Gasteiger partial charge is 0.477 e. The van der Waals surface area contributed by atoms with Crippen molar-refractivity contribution in [3.63, 3.8) is 0 Å². The molecule has 0 saturated carbocycles. The Morgan fingerprint density at radius 1 is 1.24 bits per heavy atom. The van der Waals surface area contributed by atoms with E-state index in [9.17, 15) is 32.7 Å². The zero-order chi connectivity index (χ0) is 27.5. The van der Waals surface area contributed by atoms with E-state index in [4.69, 9.17) is 5.73 Å². The second-order valence-electron chi connectivity index (χ2n) is 10.9. The second-order valence-corrected chi connectivity index (χ2v) is 14.4. The number of thioether (sulfide) groups is 1. The van der Waals surface area contributed by atoms with Gasteiger partial charge in [0.1, 0.15) is 11.7 Å². The number of aliphatic carboxylic acids is 1. The maximum Gasteiger partial charge on any atom is 0.353 e. The molecule has 8 atom stereocenters. The van der Waals surface area contributed by atoms with E-state index in [1.165, 1.54) is 16.7 Å². The van der Waals surface area contributed by atoms with Crippen LogP contribution in [0.1, 0.15) is 26.7 Å². The second kappa shape index (κ2) is 10.1. The fourth-order valence-corrected chi connectivity index (χ4v) is 9.08. The van der Waals surface area contributed by atoms with Gasteiger partial charge in [0, 0.05) is 47.8 Å². The third-order valence-electron chi connectivity index (χ3n) is 8.21. The number of fused-ring (bicyclic) bond motifs is 1. The van der Waals surface area contributed by atoms with Crippen molar-refractivity contribution in [2.24, 2.45) is 17.6 Å². The lowest BCUT2D eigenvalue weighted by Gasteiger charge is -2.47. The van der Waals surface area contributed by atoms with E-state index in [0.717, 1.165) is 6.42 Å². The Morgan fingerprint density at radius 2 is 1.97 bits per heavy atom. The molecule has 13 nitrogen and oxygen atoms in total. The van der Waals surface area contributed by atoms with E-state index in [-0.39, 0.29) is 52.4 Å². The third kappa shape index (κ3) is 4.83. The molecule has 5 aliphatic heterocycles. The van der Waals surface area contributed by atoms with Crippen LogP contribution in [0.3, 0.4) is 0 Å². The average Bonchev–Trinajstić information content (AvgIpc) is 3.61. The summed E-state index contributed by atoms with van der Waals surface area (Å²) in [5.74, 6) is -3.52. The molecule has 0 aromatic heterocycles. The predicted octanol–water partition coefficient (Wildman–Crippen LogP) is -2.37. The molecule has 4 fully saturated rings. The van der Waals surface area contributed by atoms with Crippen molar-refractivity contribution >= 4 is 45.3 Å². The molecule has 0 spiro atoms. The van der Waals surface area contributed by atoms with E-state index >= 15 is 0 Å². The van der Waals surface area contributed by atoms with Crippen molar-refractivity contribution in [1.82, 2.24) is 25.8 Å². The summed E-state index contributed by atoms with van der Waals surface area (Å²) in [6, 6.07) is -2.26. The predicted molar refractivity (Wildman–Crippen MR) is 138 cm³/mol. The Hall–Kier alpha value is -2.20. The molecule has 15 heteroatoms. The number of sulfone groups is 1. The number of nitrogens with two attached hydrogens (primary N) is 1. The van der Waals surface area contributed by atoms with Gasteiger partial charge in [-0.1, -0.05) is 6.92 Å². The number of carbonyl (C=O) groups is 4. The van der Waals surface area contributed by atoms with Crippen LogP contribution in [-0.4, -0.2) is 114 Å². The highest BCUT2D eigenvalue weighted by Crippen LogP contribution is 2.51. The lowest BCUT2D eigenvalue weighted by atomic mass is 9.78. The van der Waals surface area contributed by atoms with Crippen LogP contribution in [-0.2, 0) is 29.0 Å². The van der Waals surface area contributed by atoms with Crippen LogP contribution in [0.4, 0.5) is 0 Å². The molecule has 4 saturated heterocycles. The first kappa shape index (κ1) is 27.4. The molecule has 210 valence electrons. The van der Waals surface area contributed by atoms with E-state index < -0.39 is 45.8 Å².